The number of ether oxygens (including phenoxy) is 3. The van der Waals surface area contributed by atoms with Crippen LogP contribution in [0.3, 0.4) is 0 Å². The Bertz CT molecular complexity index is 876. The third kappa shape index (κ3) is 4.73. The molecule has 0 N–H and O–H groups in total. The van der Waals surface area contributed by atoms with Gasteiger partial charge >= 0.3 is 17.9 Å². The number of carbonyl (C=O) groups excluding carboxylic acids is 3. The van der Waals surface area contributed by atoms with E-state index < -0.39 is 17.9 Å². The maximum absolute atomic E-state index is 12.7. The molecule has 0 atom stereocenters. The Morgan fingerprint density at radius 1 is 0.821 bits per heavy atom. The Kier molecular flexibility index (Phi) is 7.26. The lowest BCUT2D eigenvalue weighted by atomic mass is 9.99. The fourth-order valence-electron chi connectivity index (χ4n) is 2.70. The summed E-state index contributed by atoms with van der Waals surface area (Å²) in [7, 11) is 0. The summed E-state index contributed by atoms with van der Waals surface area (Å²) in [6.45, 7) is 6.70. The van der Waals surface area contributed by atoms with E-state index in [-0.39, 0.29) is 47.9 Å². The summed E-state index contributed by atoms with van der Waals surface area (Å²) in [6.07, 6.45) is 0. The first-order chi connectivity index (χ1) is 13.4. The highest BCUT2D eigenvalue weighted by Gasteiger charge is 2.29. The van der Waals surface area contributed by atoms with Crippen molar-refractivity contribution in [3.63, 3.8) is 0 Å². The first-order valence-corrected chi connectivity index (χ1v) is 8.97. The quantitative estimate of drug-likeness (QED) is 0.533. The van der Waals surface area contributed by atoms with Crippen molar-refractivity contribution >= 4 is 17.9 Å². The maximum Gasteiger partial charge on any atom is 0.357 e. The molecule has 7 heteroatoms. The van der Waals surface area contributed by atoms with Crippen molar-refractivity contribution in [2.75, 3.05) is 13.2 Å². The lowest BCUT2D eigenvalue weighted by Gasteiger charge is -2.16. The number of aryl methyl sites for hydroxylation is 1. The van der Waals surface area contributed by atoms with Crippen LogP contribution >= 0.6 is 0 Å². The molecular formula is C21H23NO6. The highest BCUT2D eigenvalue weighted by molar-refractivity contribution is 6.06. The molecule has 0 unspecified atom stereocenters. The molecule has 1 heterocycles. The van der Waals surface area contributed by atoms with E-state index in [1.807, 2.05) is 30.3 Å². The smallest absolute Gasteiger partial charge is 0.357 e. The van der Waals surface area contributed by atoms with Crippen LogP contribution in [0.4, 0.5) is 0 Å². The Balaban J connectivity index is 2.46. The van der Waals surface area contributed by atoms with Gasteiger partial charge in [0.1, 0.15) is 6.61 Å². The molecule has 0 amide bonds. The molecule has 0 saturated heterocycles. The van der Waals surface area contributed by atoms with Crippen LogP contribution in [0.15, 0.2) is 30.3 Å². The Morgan fingerprint density at radius 2 is 1.39 bits per heavy atom. The number of benzene rings is 1. The summed E-state index contributed by atoms with van der Waals surface area (Å²) in [5.74, 6) is -2.10. The van der Waals surface area contributed by atoms with Gasteiger partial charge in [-0.25, -0.2) is 19.4 Å². The average molecular weight is 385 g/mol. The van der Waals surface area contributed by atoms with Crippen LogP contribution in [-0.4, -0.2) is 36.1 Å². The van der Waals surface area contributed by atoms with Gasteiger partial charge in [0.2, 0.25) is 0 Å². The Morgan fingerprint density at radius 3 is 2.00 bits per heavy atom. The Hall–Kier alpha value is -3.22. The summed E-state index contributed by atoms with van der Waals surface area (Å²) in [5, 5.41) is 0. The summed E-state index contributed by atoms with van der Waals surface area (Å²) in [6, 6.07) is 9.16. The lowest BCUT2D eigenvalue weighted by Crippen LogP contribution is -2.22. The van der Waals surface area contributed by atoms with Crippen LogP contribution in [0, 0.1) is 13.8 Å². The van der Waals surface area contributed by atoms with Crippen LogP contribution in [0.1, 0.15) is 61.9 Å². The topological polar surface area (TPSA) is 91.8 Å². The number of hydrogen-bond acceptors (Lipinski definition) is 7. The molecule has 2 aromatic rings. The second-order valence-electron chi connectivity index (χ2n) is 5.92. The van der Waals surface area contributed by atoms with Gasteiger partial charge < -0.3 is 14.2 Å². The number of esters is 3. The van der Waals surface area contributed by atoms with Crippen LogP contribution in [-0.2, 0) is 20.8 Å². The van der Waals surface area contributed by atoms with Crippen molar-refractivity contribution in [2.24, 2.45) is 0 Å². The van der Waals surface area contributed by atoms with Gasteiger partial charge in [0.05, 0.1) is 30.0 Å². The van der Waals surface area contributed by atoms with E-state index in [9.17, 15) is 14.4 Å². The molecule has 0 aliphatic carbocycles. The standard InChI is InChI=1S/C21H23NO6/c1-5-26-19(23)16-13(3)18(21(25)27-6-2)22-14(4)17(16)20(24)28-12-15-10-8-7-9-11-15/h7-11H,5-6,12H2,1-4H3. The number of pyridine rings is 1. The van der Waals surface area contributed by atoms with E-state index in [1.165, 1.54) is 13.8 Å². The van der Waals surface area contributed by atoms with Crippen molar-refractivity contribution in [1.29, 1.82) is 0 Å². The van der Waals surface area contributed by atoms with Gasteiger partial charge in [-0.1, -0.05) is 30.3 Å². The van der Waals surface area contributed by atoms with E-state index in [0.717, 1.165) is 5.56 Å². The van der Waals surface area contributed by atoms with Crippen molar-refractivity contribution in [2.45, 2.75) is 34.3 Å². The number of hydrogen-bond donors (Lipinski definition) is 0. The van der Waals surface area contributed by atoms with E-state index >= 15 is 0 Å². The lowest BCUT2D eigenvalue weighted by molar-refractivity contribution is 0.0439. The maximum atomic E-state index is 12.7. The van der Waals surface area contributed by atoms with Crippen LogP contribution < -0.4 is 0 Å². The van der Waals surface area contributed by atoms with Crippen molar-refractivity contribution in [3.05, 3.63) is 64.0 Å². The van der Waals surface area contributed by atoms with Gasteiger partial charge in [-0.3, -0.25) is 0 Å². The monoisotopic (exact) mass is 385 g/mol. The molecule has 0 fully saturated rings. The zero-order valence-corrected chi connectivity index (χ0v) is 16.4. The molecular weight excluding hydrogens is 362 g/mol. The van der Waals surface area contributed by atoms with Crippen LogP contribution in [0.5, 0.6) is 0 Å². The van der Waals surface area contributed by atoms with E-state index in [4.69, 9.17) is 14.2 Å². The van der Waals surface area contributed by atoms with E-state index in [1.54, 1.807) is 13.8 Å². The second kappa shape index (κ2) is 9.64. The van der Waals surface area contributed by atoms with Gasteiger partial charge in [0, 0.05) is 0 Å². The number of nitrogens with zero attached hydrogens (tertiary/aromatic N) is 1. The largest absolute Gasteiger partial charge is 0.462 e. The van der Waals surface area contributed by atoms with Crippen LogP contribution in [0.2, 0.25) is 0 Å². The zero-order valence-electron chi connectivity index (χ0n) is 16.4. The van der Waals surface area contributed by atoms with Gasteiger partial charge in [-0.15, -0.1) is 0 Å². The van der Waals surface area contributed by atoms with Crippen molar-refractivity contribution < 1.29 is 28.6 Å². The summed E-state index contributed by atoms with van der Waals surface area (Å²) >= 11 is 0. The molecule has 1 aromatic heterocycles. The van der Waals surface area contributed by atoms with E-state index in [0.29, 0.717) is 0 Å². The fourth-order valence-corrected chi connectivity index (χ4v) is 2.70. The summed E-state index contributed by atoms with van der Waals surface area (Å²) in [5.41, 5.74) is 1.14. The molecule has 148 valence electrons. The molecule has 1 aromatic carbocycles. The molecule has 0 saturated carbocycles. The predicted octanol–water partition coefficient (Wildman–Crippen LogP) is 3.41. The third-order valence-corrected chi connectivity index (χ3v) is 3.99. The molecule has 0 spiro atoms. The molecule has 28 heavy (non-hydrogen) atoms. The summed E-state index contributed by atoms with van der Waals surface area (Å²) in [4.78, 5) is 41.7. The van der Waals surface area contributed by atoms with Gasteiger partial charge in [-0.05, 0) is 38.8 Å². The number of carbonyl (C=O) groups is 3. The Labute approximate surface area is 163 Å². The first kappa shape index (κ1) is 21.1. The number of rotatable bonds is 7. The second-order valence-corrected chi connectivity index (χ2v) is 5.92. The third-order valence-electron chi connectivity index (χ3n) is 3.99. The molecule has 0 aliphatic rings. The zero-order chi connectivity index (χ0) is 20.7. The molecule has 2 rings (SSSR count). The highest BCUT2D eigenvalue weighted by Crippen LogP contribution is 2.23. The van der Waals surface area contributed by atoms with Crippen molar-refractivity contribution in [3.8, 4) is 0 Å². The minimum Gasteiger partial charge on any atom is -0.462 e. The van der Waals surface area contributed by atoms with Gasteiger partial charge in [-0.2, -0.15) is 0 Å². The first-order valence-electron chi connectivity index (χ1n) is 8.97. The number of aromatic nitrogens is 1. The van der Waals surface area contributed by atoms with Crippen molar-refractivity contribution in [1.82, 2.24) is 4.98 Å². The van der Waals surface area contributed by atoms with Gasteiger partial charge in [0.25, 0.3) is 0 Å². The minimum atomic E-state index is -0.720. The van der Waals surface area contributed by atoms with E-state index in [2.05, 4.69) is 4.98 Å². The molecule has 0 radical (unpaired) electrons. The van der Waals surface area contributed by atoms with Crippen LogP contribution in [0.25, 0.3) is 0 Å². The fraction of sp³-hybridized carbons (Fsp3) is 0.333. The highest BCUT2D eigenvalue weighted by atomic mass is 16.5. The average Bonchev–Trinajstić information content (AvgIpc) is 2.68. The molecule has 7 nitrogen and oxygen atoms in total. The molecule has 0 bridgehead atoms. The summed E-state index contributed by atoms with van der Waals surface area (Å²) < 4.78 is 15.4. The predicted molar refractivity (Wildman–Crippen MR) is 101 cm³/mol. The SMILES string of the molecule is CCOC(=O)c1nc(C)c(C(=O)OCc2ccccc2)c(C(=O)OCC)c1C. The molecule has 0 aliphatic heterocycles. The normalized spacial score (nSPS) is 10.3. The minimum absolute atomic E-state index is 0.0140. The van der Waals surface area contributed by atoms with Gasteiger partial charge in [0.15, 0.2) is 5.69 Å².